The highest BCUT2D eigenvalue weighted by Crippen LogP contribution is 2.09. The van der Waals surface area contributed by atoms with E-state index in [-0.39, 0.29) is 0 Å². The molecule has 0 aliphatic heterocycles. The van der Waals surface area contributed by atoms with Crippen LogP contribution in [-0.2, 0) is 9.47 Å². The number of methoxy groups -OCH3 is 2. The molecule has 5 heteroatoms. The predicted octanol–water partition coefficient (Wildman–Crippen LogP) is 0.774. The van der Waals surface area contributed by atoms with Crippen LogP contribution in [0.1, 0.15) is 0 Å². The molecule has 0 radical (unpaired) electrons. The topological polar surface area (TPSA) is 47.7 Å². The highest BCUT2D eigenvalue weighted by atomic mass is 16.5. The smallest absolute Gasteiger partial charge is 0.172 e. The van der Waals surface area contributed by atoms with Crippen LogP contribution in [0.2, 0.25) is 0 Å². The molecule has 5 nitrogen and oxygen atoms in total. The summed E-state index contributed by atoms with van der Waals surface area (Å²) in [6.07, 6.45) is 1.56. The van der Waals surface area contributed by atoms with Gasteiger partial charge in [-0.1, -0.05) is 5.16 Å². The van der Waals surface area contributed by atoms with Gasteiger partial charge in [0.1, 0.15) is 6.26 Å². The summed E-state index contributed by atoms with van der Waals surface area (Å²) in [5, 5.41) is 3.86. The number of ether oxygens (including phenoxy) is 2. The van der Waals surface area contributed by atoms with Crippen molar-refractivity contribution in [2.75, 3.05) is 45.4 Å². The van der Waals surface area contributed by atoms with E-state index >= 15 is 0 Å². The molecule has 0 bridgehead atoms. The van der Waals surface area contributed by atoms with Crippen molar-refractivity contribution in [2.45, 2.75) is 0 Å². The van der Waals surface area contributed by atoms with Crippen LogP contribution in [0.25, 0.3) is 0 Å². The Kier molecular flexibility index (Phi) is 5.03. The van der Waals surface area contributed by atoms with Gasteiger partial charge >= 0.3 is 0 Å². The monoisotopic (exact) mass is 200 g/mol. The van der Waals surface area contributed by atoms with E-state index in [1.807, 2.05) is 6.07 Å². The Morgan fingerprint density at radius 1 is 1.29 bits per heavy atom. The van der Waals surface area contributed by atoms with E-state index in [2.05, 4.69) is 10.1 Å². The average Bonchev–Trinajstić information content (AvgIpc) is 2.71. The fourth-order valence-electron chi connectivity index (χ4n) is 1.11. The van der Waals surface area contributed by atoms with E-state index in [9.17, 15) is 0 Å². The molecule has 0 atom stereocenters. The van der Waals surface area contributed by atoms with Gasteiger partial charge in [0, 0.05) is 33.4 Å². The zero-order valence-electron chi connectivity index (χ0n) is 8.60. The lowest BCUT2D eigenvalue weighted by atomic mass is 10.4. The molecular weight excluding hydrogens is 184 g/mol. The second kappa shape index (κ2) is 6.39. The Morgan fingerprint density at radius 3 is 2.36 bits per heavy atom. The van der Waals surface area contributed by atoms with Crippen LogP contribution in [0.3, 0.4) is 0 Å². The van der Waals surface area contributed by atoms with Gasteiger partial charge in [0.25, 0.3) is 0 Å². The summed E-state index contributed by atoms with van der Waals surface area (Å²) in [6.45, 7) is 2.89. The molecule has 1 aromatic rings. The van der Waals surface area contributed by atoms with Crippen LogP contribution in [0.15, 0.2) is 16.9 Å². The summed E-state index contributed by atoms with van der Waals surface area (Å²) in [7, 11) is 3.36. The van der Waals surface area contributed by atoms with Crippen LogP contribution in [0.4, 0.5) is 5.82 Å². The second-order valence-electron chi connectivity index (χ2n) is 2.83. The molecule has 0 aliphatic carbocycles. The summed E-state index contributed by atoms with van der Waals surface area (Å²) >= 11 is 0. The van der Waals surface area contributed by atoms with Crippen LogP contribution < -0.4 is 4.90 Å². The van der Waals surface area contributed by atoms with Gasteiger partial charge in [-0.3, -0.25) is 0 Å². The number of anilines is 1. The maximum atomic E-state index is 5.01. The Balaban J connectivity index is 2.44. The summed E-state index contributed by atoms with van der Waals surface area (Å²) in [4.78, 5) is 2.05. The molecule has 0 fully saturated rings. The van der Waals surface area contributed by atoms with Gasteiger partial charge in [0.05, 0.1) is 13.2 Å². The van der Waals surface area contributed by atoms with E-state index in [0.717, 1.165) is 18.9 Å². The van der Waals surface area contributed by atoms with E-state index in [1.54, 1.807) is 20.5 Å². The predicted molar refractivity (Wildman–Crippen MR) is 52.5 cm³/mol. The third kappa shape index (κ3) is 3.35. The fraction of sp³-hybridized carbons (Fsp3) is 0.667. The quantitative estimate of drug-likeness (QED) is 0.650. The van der Waals surface area contributed by atoms with Gasteiger partial charge in [-0.2, -0.15) is 0 Å². The molecule has 0 N–H and O–H groups in total. The molecule has 14 heavy (non-hydrogen) atoms. The zero-order valence-corrected chi connectivity index (χ0v) is 8.60. The van der Waals surface area contributed by atoms with Crippen LogP contribution in [0.5, 0.6) is 0 Å². The summed E-state index contributed by atoms with van der Waals surface area (Å²) in [5.74, 6) is 0.819. The van der Waals surface area contributed by atoms with Gasteiger partial charge < -0.3 is 18.9 Å². The highest BCUT2D eigenvalue weighted by Gasteiger charge is 2.08. The summed E-state index contributed by atoms with van der Waals surface area (Å²) < 4.78 is 14.8. The molecule has 0 unspecified atom stereocenters. The molecule has 1 heterocycles. The molecule has 0 saturated heterocycles. The Hall–Kier alpha value is -1.07. The molecule has 0 amide bonds. The first-order valence-corrected chi connectivity index (χ1v) is 4.51. The molecule has 0 aliphatic rings. The van der Waals surface area contributed by atoms with Gasteiger partial charge in [-0.05, 0) is 0 Å². The molecule has 1 aromatic heterocycles. The minimum absolute atomic E-state index is 0.663. The lowest BCUT2D eigenvalue weighted by Crippen LogP contribution is -2.30. The lowest BCUT2D eigenvalue weighted by molar-refractivity contribution is 0.189. The van der Waals surface area contributed by atoms with Crippen molar-refractivity contribution in [1.82, 2.24) is 5.16 Å². The molecule has 0 aromatic carbocycles. The number of hydrogen-bond acceptors (Lipinski definition) is 5. The summed E-state index contributed by atoms with van der Waals surface area (Å²) in [5.41, 5.74) is 0. The van der Waals surface area contributed by atoms with Crippen molar-refractivity contribution >= 4 is 5.82 Å². The lowest BCUT2D eigenvalue weighted by Gasteiger charge is -2.20. The van der Waals surface area contributed by atoms with Gasteiger partial charge in [0.2, 0.25) is 0 Å². The van der Waals surface area contributed by atoms with Crippen molar-refractivity contribution < 1.29 is 14.0 Å². The van der Waals surface area contributed by atoms with Crippen LogP contribution in [0, 0.1) is 0 Å². The number of aromatic nitrogens is 1. The molecule has 0 saturated carbocycles. The standard InChI is InChI=1S/C9H16N2O3/c1-12-7-4-11(5-8-13-2)9-3-6-14-10-9/h3,6H,4-5,7-8H2,1-2H3. The Bertz CT molecular complexity index is 218. The van der Waals surface area contributed by atoms with E-state index < -0.39 is 0 Å². The first kappa shape index (κ1) is 11.0. The maximum Gasteiger partial charge on any atom is 0.172 e. The molecule has 1 rings (SSSR count). The first-order valence-electron chi connectivity index (χ1n) is 4.51. The van der Waals surface area contributed by atoms with Gasteiger partial charge in [-0.25, -0.2) is 0 Å². The minimum atomic E-state index is 0.663. The SMILES string of the molecule is COCCN(CCOC)c1ccon1. The van der Waals surface area contributed by atoms with Crippen molar-refractivity contribution in [3.63, 3.8) is 0 Å². The van der Waals surface area contributed by atoms with Gasteiger partial charge in [-0.15, -0.1) is 0 Å². The van der Waals surface area contributed by atoms with Crippen molar-refractivity contribution in [3.05, 3.63) is 12.3 Å². The van der Waals surface area contributed by atoms with E-state index in [0.29, 0.717) is 13.2 Å². The summed E-state index contributed by atoms with van der Waals surface area (Å²) in [6, 6.07) is 1.82. The fourth-order valence-corrected chi connectivity index (χ4v) is 1.11. The highest BCUT2D eigenvalue weighted by molar-refractivity contribution is 5.35. The van der Waals surface area contributed by atoms with E-state index in [1.165, 1.54) is 0 Å². The van der Waals surface area contributed by atoms with E-state index in [4.69, 9.17) is 14.0 Å². The second-order valence-corrected chi connectivity index (χ2v) is 2.83. The van der Waals surface area contributed by atoms with Crippen LogP contribution >= 0.6 is 0 Å². The van der Waals surface area contributed by atoms with Crippen molar-refractivity contribution in [3.8, 4) is 0 Å². The number of hydrogen-bond donors (Lipinski definition) is 0. The number of nitrogens with zero attached hydrogens (tertiary/aromatic N) is 2. The van der Waals surface area contributed by atoms with Crippen LogP contribution in [-0.4, -0.2) is 45.7 Å². The normalized spacial score (nSPS) is 10.4. The molecular formula is C9H16N2O3. The zero-order chi connectivity index (χ0) is 10.2. The third-order valence-electron chi connectivity index (χ3n) is 1.88. The minimum Gasteiger partial charge on any atom is -0.383 e. The van der Waals surface area contributed by atoms with Gasteiger partial charge in [0.15, 0.2) is 5.82 Å². The Labute approximate surface area is 83.6 Å². The van der Waals surface area contributed by atoms with Crippen molar-refractivity contribution in [1.29, 1.82) is 0 Å². The van der Waals surface area contributed by atoms with Crippen molar-refractivity contribution in [2.24, 2.45) is 0 Å². The Morgan fingerprint density at radius 2 is 1.93 bits per heavy atom. The average molecular weight is 200 g/mol. The maximum absolute atomic E-state index is 5.01. The molecule has 80 valence electrons. The molecule has 0 spiro atoms. The largest absolute Gasteiger partial charge is 0.383 e. The third-order valence-corrected chi connectivity index (χ3v) is 1.88. The number of rotatable bonds is 7. The first-order chi connectivity index (χ1) is 6.88.